The number of nitrogens with zero attached hydrogens (tertiary/aromatic N) is 1. The van der Waals surface area contributed by atoms with Crippen molar-refractivity contribution in [1.82, 2.24) is 10.2 Å². The lowest BCUT2D eigenvalue weighted by Gasteiger charge is -2.37. The van der Waals surface area contributed by atoms with E-state index in [1.165, 1.54) is 66.9 Å². The van der Waals surface area contributed by atoms with E-state index in [0.29, 0.717) is 0 Å². The first kappa shape index (κ1) is 26.9. The molecule has 0 radical (unpaired) electrons. The minimum Gasteiger partial charge on any atom is -0.312 e. The Morgan fingerprint density at radius 3 is 1.92 bits per heavy atom. The molecule has 0 unspecified atom stereocenters. The van der Waals surface area contributed by atoms with Crippen LogP contribution >= 0.6 is 11.3 Å². The van der Waals surface area contributed by atoms with Gasteiger partial charge in [0.05, 0.1) is 0 Å². The van der Waals surface area contributed by atoms with Crippen molar-refractivity contribution < 1.29 is 0 Å². The maximum atomic E-state index is 3.69. The summed E-state index contributed by atoms with van der Waals surface area (Å²) in [5, 5.41) is 5.85. The van der Waals surface area contributed by atoms with Crippen LogP contribution in [0.1, 0.15) is 66.0 Å². The van der Waals surface area contributed by atoms with Crippen LogP contribution in [0.2, 0.25) is 0 Å². The highest BCUT2D eigenvalue weighted by Crippen LogP contribution is 2.41. The van der Waals surface area contributed by atoms with Gasteiger partial charge in [-0.05, 0) is 98.8 Å². The van der Waals surface area contributed by atoms with Crippen LogP contribution in [-0.4, -0.2) is 31.1 Å². The van der Waals surface area contributed by atoms with Crippen molar-refractivity contribution in [3.8, 4) is 0 Å². The van der Waals surface area contributed by atoms with E-state index < -0.39 is 0 Å². The van der Waals surface area contributed by atoms with Crippen molar-refractivity contribution in [3.63, 3.8) is 0 Å². The highest BCUT2D eigenvalue weighted by molar-refractivity contribution is 7.09. The van der Waals surface area contributed by atoms with Gasteiger partial charge in [-0.3, -0.25) is 0 Å². The molecule has 0 atom stereocenters. The average Bonchev–Trinajstić information content (AvgIpc) is 3.51. The second-order valence-corrected chi connectivity index (χ2v) is 11.8. The van der Waals surface area contributed by atoms with Gasteiger partial charge in [-0.25, -0.2) is 0 Å². The number of likely N-dealkylation sites (tertiary alicyclic amines) is 1. The zero-order chi connectivity index (χ0) is 25.9. The largest absolute Gasteiger partial charge is 0.312 e. The summed E-state index contributed by atoms with van der Waals surface area (Å²) in [6.07, 6.45) is 7.30. The molecule has 0 bridgehead atoms. The van der Waals surface area contributed by atoms with Crippen LogP contribution in [0.15, 0.2) is 109 Å². The summed E-state index contributed by atoms with van der Waals surface area (Å²) in [5.41, 5.74) is 4.50. The molecule has 4 aromatic rings. The first-order valence-electron chi connectivity index (χ1n) is 14.4. The predicted molar refractivity (Wildman–Crippen MR) is 163 cm³/mol. The fourth-order valence-electron chi connectivity index (χ4n) is 6.34. The van der Waals surface area contributed by atoms with Crippen molar-refractivity contribution in [2.75, 3.05) is 26.2 Å². The fourth-order valence-corrected chi connectivity index (χ4v) is 7.02. The monoisotopic (exact) mass is 522 g/mol. The molecule has 1 aromatic heterocycles. The van der Waals surface area contributed by atoms with Crippen molar-refractivity contribution >= 4 is 11.3 Å². The zero-order valence-electron chi connectivity index (χ0n) is 22.6. The SMILES string of the molecule is c1ccc(C2CCN(CCCC(CCCNCc3cccs3)(c3ccccc3)c3ccccc3)CC2)cc1. The van der Waals surface area contributed by atoms with E-state index in [9.17, 15) is 0 Å². The van der Waals surface area contributed by atoms with E-state index in [1.807, 2.05) is 11.3 Å². The number of thiophene rings is 1. The van der Waals surface area contributed by atoms with Crippen LogP contribution < -0.4 is 5.32 Å². The lowest BCUT2D eigenvalue weighted by molar-refractivity contribution is 0.203. The van der Waals surface area contributed by atoms with E-state index in [2.05, 4.69) is 119 Å². The van der Waals surface area contributed by atoms with Gasteiger partial charge in [0.25, 0.3) is 0 Å². The molecule has 2 nitrogen and oxygen atoms in total. The Morgan fingerprint density at radius 2 is 1.32 bits per heavy atom. The highest BCUT2D eigenvalue weighted by Gasteiger charge is 2.33. The normalized spacial score (nSPS) is 15.1. The molecule has 1 fully saturated rings. The molecule has 5 rings (SSSR count). The van der Waals surface area contributed by atoms with Gasteiger partial charge in [0.2, 0.25) is 0 Å². The van der Waals surface area contributed by atoms with E-state index in [-0.39, 0.29) is 5.41 Å². The number of benzene rings is 3. The number of nitrogens with one attached hydrogen (secondary N) is 1. The number of hydrogen-bond acceptors (Lipinski definition) is 3. The lowest BCUT2D eigenvalue weighted by atomic mass is 9.68. The Morgan fingerprint density at radius 1 is 0.711 bits per heavy atom. The van der Waals surface area contributed by atoms with Gasteiger partial charge < -0.3 is 10.2 Å². The molecule has 38 heavy (non-hydrogen) atoms. The molecule has 3 heteroatoms. The topological polar surface area (TPSA) is 15.3 Å². The summed E-state index contributed by atoms with van der Waals surface area (Å²) in [5.74, 6) is 0.724. The molecule has 1 aliphatic heterocycles. The predicted octanol–water partition coefficient (Wildman–Crippen LogP) is 8.26. The third-order valence-corrected chi connectivity index (χ3v) is 9.30. The Hall–Kier alpha value is -2.72. The van der Waals surface area contributed by atoms with Gasteiger partial charge in [-0.2, -0.15) is 0 Å². The Balaban J connectivity index is 1.23. The third-order valence-electron chi connectivity index (χ3n) is 8.43. The smallest absolute Gasteiger partial charge is 0.0299 e. The lowest BCUT2D eigenvalue weighted by Crippen LogP contribution is -2.35. The van der Waals surface area contributed by atoms with E-state index in [4.69, 9.17) is 0 Å². The van der Waals surface area contributed by atoms with Gasteiger partial charge in [0, 0.05) is 16.8 Å². The summed E-state index contributed by atoms with van der Waals surface area (Å²) in [6.45, 7) is 5.65. The summed E-state index contributed by atoms with van der Waals surface area (Å²) >= 11 is 1.84. The number of hydrogen-bond donors (Lipinski definition) is 1. The molecule has 0 amide bonds. The third kappa shape index (κ3) is 7.02. The zero-order valence-corrected chi connectivity index (χ0v) is 23.4. The van der Waals surface area contributed by atoms with Crippen molar-refractivity contribution in [2.24, 2.45) is 0 Å². The summed E-state index contributed by atoms with van der Waals surface area (Å²) in [6, 6.07) is 38.1. The van der Waals surface area contributed by atoms with Crippen LogP contribution in [0, 0.1) is 0 Å². The quantitative estimate of drug-likeness (QED) is 0.178. The van der Waals surface area contributed by atoms with Crippen molar-refractivity contribution in [1.29, 1.82) is 0 Å². The van der Waals surface area contributed by atoms with Gasteiger partial charge in [0.1, 0.15) is 0 Å². The Labute approximate surface area is 233 Å². The van der Waals surface area contributed by atoms with Crippen molar-refractivity contribution in [3.05, 3.63) is 130 Å². The second-order valence-electron chi connectivity index (χ2n) is 10.8. The van der Waals surface area contributed by atoms with Gasteiger partial charge in [0.15, 0.2) is 0 Å². The molecule has 0 spiro atoms. The molecule has 1 N–H and O–H groups in total. The molecular formula is C35H42N2S. The maximum absolute atomic E-state index is 3.69. The highest BCUT2D eigenvalue weighted by atomic mass is 32.1. The van der Waals surface area contributed by atoms with Gasteiger partial charge >= 0.3 is 0 Å². The fraction of sp³-hybridized carbons (Fsp3) is 0.371. The average molecular weight is 523 g/mol. The molecule has 0 saturated carbocycles. The van der Waals surface area contributed by atoms with Crippen LogP contribution in [-0.2, 0) is 12.0 Å². The van der Waals surface area contributed by atoms with Crippen LogP contribution in [0.4, 0.5) is 0 Å². The Kier molecular flexibility index (Phi) is 9.82. The Bertz CT molecular complexity index is 1130. The van der Waals surface area contributed by atoms with Crippen LogP contribution in [0.25, 0.3) is 0 Å². The van der Waals surface area contributed by atoms with E-state index >= 15 is 0 Å². The standard InChI is InChI=1S/C35H42N2S/c1-4-13-30(14-5-1)31-20-26-37(27-21-31)25-12-23-35(32-15-6-2-7-16-32,33-17-8-3-9-18-33)22-11-24-36-29-34-19-10-28-38-34/h1-10,13-19,28,31,36H,11-12,20-27,29H2. The first-order chi connectivity index (χ1) is 18.8. The second kappa shape index (κ2) is 13.9. The van der Waals surface area contributed by atoms with Crippen LogP contribution in [0.5, 0.6) is 0 Å². The summed E-state index contributed by atoms with van der Waals surface area (Å²) in [7, 11) is 0. The number of rotatable bonds is 13. The van der Waals surface area contributed by atoms with E-state index in [0.717, 1.165) is 31.8 Å². The van der Waals surface area contributed by atoms with Crippen molar-refractivity contribution in [2.45, 2.75) is 56.4 Å². The minimum atomic E-state index is 0.0511. The van der Waals surface area contributed by atoms with Gasteiger partial charge in [-0.15, -0.1) is 11.3 Å². The first-order valence-corrected chi connectivity index (χ1v) is 15.3. The molecule has 0 aliphatic carbocycles. The molecule has 1 aliphatic rings. The summed E-state index contributed by atoms with van der Waals surface area (Å²) in [4.78, 5) is 4.13. The van der Waals surface area contributed by atoms with Crippen LogP contribution in [0.3, 0.4) is 0 Å². The minimum absolute atomic E-state index is 0.0511. The maximum Gasteiger partial charge on any atom is 0.0299 e. The van der Waals surface area contributed by atoms with Gasteiger partial charge in [-0.1, -0.05) is 97.1 Å². The number of piperidine rings is 1. The molecule has 198 valence electrons. The van der Waals surface area contributed by atoms with E-state index in [1.54, 1.807) is 0 Å². The molecular weight excluding hydrogens is 480 g/mol. The molecule has 1 saturated heterocycles. The molecule has 3 aromatic carbocycles. The molecule has 2 heterocycles. The summed E-state index contributed by atoms with van der Waals surface area (Å²) < 4.78 is 0.